The van der Waals surface area contributed by atoms with Crippen molar-refractivity contribution in [1.29, 1.82) is 0 Å². The Kier molecular flexibility index (Phi) is 12.0. The summed E-state index contributed by atoms with van der Waals surface area (Å²) in [7, 11) is 0. The molecule has 0 radical (unpaired) electrons. The van der Waals surface area contributed by atoms with E-state index < -0.39 is 5.54 Å². The lowest BCUT2D eigenvalue weighted by Crippen LogP contribution is -2.40. The molecule has 0 aliphatic carbocycles. The molecule has 1 aromatic heterocycles. The molecule has 0 fully saturated rings. The van der Waals surface area contributed by atoms with Gasteiger partial charge in [-0.2, -0.15) is 0 Å². The van der Waals surface area contributed by atoms with Crippen LogP contribution in [0.1, 0.15) is 51.3 Å². The Morgan fingerprint density at radius 3 is 1.20 bits per heavy atom. The second-order valence-electron chi connectivity index (χ2n) is 18.4. The molecule has 0 saturated carbocycles. The van der Waals surface area contributed by atoms with Gasteiger partial charge in [0.05, 0.1) is 28.3 Å². The summed E-state index contributed by atoms with van der Waals surface area (Å²) < 4.78 is 0. The highest BCUT2D eigenvalue weighted by Crippen LogP contribution is 2.52. The molecular weight excluding hydrogens is 787 g/mol. The molecule has 0 saturated heterocycles. The normalized spacial score (nSPS) is 11.8. The van der Waals surface area contributed by atoms with Gasteiger partial charge in [0.2, 0.25) is 0 Å². The largest absolute Gasteiger partial charge is 0.330 e. The molecule has 3 heteroatoms. The maximum Gasteiger partial charge on any atom is 0.160 e. The van der Waals surface area contributed by atoms with Gasteiger partial charge in [-0.05, 0) is 83.8 Å². The summed E-state index contributed by atoms with van der Waals surface area (Å²) in [5.41, 5.74) is 16.7. The van der Waals surface area contributed by atoms with E-state index in [9.17, 15) is 0 Å². The quantitative estimate of drug-likeness (QED) is 0.130. The zero-order valence-corrected chi connectivity index (χ0v) is 38.2. The molecule has 9 aromatic rings. The van der Waals surface area contributed by atoms with E-state index in [1.165, 1.54) is 22.3 Å². The van der Waals surface area contributed by atoms with Gasteiger partial charge >= 0.3 is 0 Å². The topological polar surface area (TPSA) is 29.0 Å². The average Bonchev–Trinajstić information content (AvgIpc) is 3.35. The number of anilines is 2. The zero-order valence-electron chi connectivity index (χ0n) is 38.2. The standard InChI is InChI=1S/C62H55N3/c1-44-39-52(61(2,3)4)42-55(48-31-19-10-20-32-48)58(44)65(62(5,6)38-37-45-25-13-7-14-26-45)59-53(46-27-15-8-16-28-46)40-51(41-54(59)47-29-17-9-18-30-47)60-63-56(49-33-21-11-22-34-49)43-57(64-60)50-35-23-12-24-36-50/h7-43H,1-6H3/b38-37+. The third kappa shape index (κ3) is 9.23. The van der Waals surface area contributed by atoms with Crippen LogP contribution in [0.5, 0.6) is 0 Å². The second kappa shape index (κ2) is 18.2. The van der Waals surface area contributed by atoms with Gasteiger partial charge < -0.3 is 4.90 Å². The van der Waals surface area contributed by atoms with E-state index >= 15 is 0 Å². The Labute approximate surface area is 385 Å². The van der Waals surface area contributed by atoms with Crippen molar-refractivity contribution in [3.8, 4) is 67.3 Å². The van der Waals surface area contributed by atoms with Crippen molar-refractivity contribution in [2.24, 2.45) is 0 Å². The van der Waals surface area contributed by atoms with E-state index in [-0.39, 0.29) is 5.41 Å². The predicted molar refractivity (Wildman–Crippen MR) is 276 cm³/mol. The van der Waals surface area contributed by atoms with Crippen LogP contribution in [0.2, 0.25) is 0 Å². The van der Waals surface area contributed by atoms with E-state index in [2.05, 4.69) is 259 Å². The van der Waals surface area contributed by atoms with E-state index in [1.54, 1.807) is 0 Å². The second-order valence-corrected chi connectivity index (χ2v) is 18.4. The molecule has 8 aromatic carbocycles. The summed E-state index contributed by atoms with van der Waals surface area (Å²) in [6.07, 6.45) is 4.63. The molecule has 0 N–H and O–H groups in total. The van der Waals surface area contributed by atoms with Crippen LogP contribution in [0, 0.1) is 6.92 Å². The molecule has 318 valence electrons. The number of hydrogen-bond acceptors (Lipinski definition) is 3. The van der Waals surface area contributed by atoms with Gasteiger partial charge in [0.15, 0.2) is 5.82 Å². The molecular formula is C62H55N3. The first-order valence-electron chi connectivity index (χ1n) is 22.6. The fraction of sp³-hybridized carbons (Fsp3) is 0.129. The SMILES string of the molecule is Cc1cc(C(C)(C)C)cc(-c2ccccc2)c1N(c1c(-c2ccccc2)cc(-c2nc(-c3ccccc3)cc(-c3ccccc3)n2)cc1-c1ccccc1)C(C)(C)/C=C/c1ccccc1. The van der Waals surface area contributed by atoms with Crippen molar-refractivity contribution >= 4 is 17.5 Å². The van der Waals surface area contributed by atoms with Gasteiger partial charge in [-0.1, -0.05) is 221 Å². The summed E-state index contributed by atoms with van der Waals surface area (Å²) in [4.78, 5) is 13.4. The van der Waals surface area contributed by atoms with Crippen LogP contribution < -0.4 is 4.90 Å². The van der Waals surface area contributed by atoms with Crippen LogP contribution >= 0.6 is 0 Å². The van der Waals surface area contributed by atoms with Crippen LogP contribution in [0.3, 0.4) is 0 Å². The highest BCUT2D eigenvalue weighted by molar-refractivity contribution is 6.00. The summed E-state index contributed by atoms with van der Waals surface area (Å²) >= 11 is 0. The van der Waals surface area contributed by atoms with Crippen molar-refractivity contribution in [3.05, 3.63) is 235 Å². The molecule has 1 heterocycles. The zero-order chi connectivity index (χ0) is 45.0. The first kappa shape index (κ1) is 42.7. The fourth-order valence-corrected chi connectivity index (χ4v) is 8.74. The maximum absolute atomic E-state index is 5.38. The summed E-state index contributed by atoms with van der Waals surface area (Å²) in [6, 6.07) is 75.6. The van der Waals surface area contributed by atoms with Gasteiger partial charge in [-0.15, -0.1) is 0 Å². The molecule has 0 atom stereocenters. The van der Waals surface area contributed by atoms with Crippen LogP contribution in [-0.4, -0.2) is 15.5 Å². The maximum atomic E-state index is 5.38. The predicted octanol–water partition coefficient (Wildman–Crippen LogP) is 16.7. The monoisotopic (exact) mass is 841 g/mol. The minimum absolute atomic E-state index is 0.0701. The molecule has 0 bridgehead atoms. The highest BCUT2D eigenvalue weighted by Gasteiger charge is 2.35. The fourth-order valence-electron chi connectivity index (χ4n) is 8.74. The van der Waals surface area contributed by atoms with E-state index in [0.29, 0.717) is 5.82 Å². The lowest BCUT2D eigenvalue weighted by Gasteiger charge is -2.43. The Morgan fingerprint density at radius 2 is 0.785 bits per heavy atom. The molecule has 9 rings (SSSR count). The number of rotatable bonds is 11. The summed E-state index contributed by atoms with van der Waals surface area (Å²) in [6.45, 7) is 13.9. The Hall–Kier alpha value is -7.62. The Morgan fingerprint density at radius 1 is 0.400 bits per heavy atom. The smallest absolute Gasteiger partial charge is 0.160 e. The Balaban J connectivity index is 1.41. The average molecular weight is 842 g/mol. The summed E-state index contributed by atoms with van der Waals surface area (Å²) in [5.74, 6) is 0.664. The third-order valence-electron chi connectivity index (χ3n) is 12.2. The highest BCUT2D eigenvalue weighted by atomic mass is 15.2. The van der Waals surface area contributed by atoms with Crippen LogP contribution in [0.4, 0.5) is 11.4 Å². The number of benzene rings is 8. The minimum atomic E-state index is -0.577. The molecule has 0 spiro atoms. The van der Waals surface area contributed by atoms with E-state index in [1.807, 2.05) is 12.1 Å². The van der Waals surface area contributed by atoms with Gasteiger partial charge in [0.25, 0.3) is 0 Å². The van der Waals surface area contributed by atoms with Gasteiger partial charge in [0, 0.05) is 33.4 Å². The molecule has 3 nitrogen and oxygen atoms in total. The van der Waals surface area contributed by atoms with Gasteiger partial charge in [-0.25, -0.2) is 9.97 Å². The number of aryl methyl sites for hydroxylation is 1. The lowest BCUT2D eigenvalue weighted by molar-refractivity contribution is 0.589. The van der Waals surface area contributed by atoms with E-state index in [4.69, 9.17) is 9.97 Å². The van der Waals surface area contributed by atoms with Gasteiger partial charge in [0.1, 0.15) is 0 Å². The van der Waals surface area contributed by atoms with Crippen molar-refractivity contribution in [2.75, 3.05) is 4.90 Å². The van der Waals surface area contributed by atoms with Crippen molar-refractivity contribution < 1.29 is 0 Å². The summed E-state index contributed by atoms with van der Waals surface area (Å²) in [5, 5.41) is 0. The minimum Gasteiger partial charge on any atom is -0.330 e. The molecule has 65 heavy (non-hydrogen) atoms. The van der Waals surface area contributed by atoms with Crippen molar-refractivity contribution in [3.63, 3.8) is 0 Å². The first-order chi connectivity index (χ1) is 31.5. The number of nitrogens with zero attached hydrogens (tertiary/aromatic N) is 3. The van der Waals surface area contributed by atoms with Gasteiger partial charge in [-0.3, -0.25) is 0 Å². The Bertz CT molecular complexity index is 2940. The van der Waals surface area contributed by atoms with Crippen LogP contribution in [0.15, 0.2) is 218 Å². The van der Waals surface area contributed by atoms with Crippen LogP contribution in [0.25, 0.3) is 73.4 Å². The third-order valence-corrected chi connectivity index (χ3v) is 12.2. The molecule has 0 aliphatic rings. The molecule has 0 aliphatic heterocycles. The van der Waals surface area contributed by atoms with Crippen LogP contribution in [-0.2, 0) is 5.41 Å². The first-order valence-corrected chi connectivity index (χ1v) is 22.6. The van der Waals surface area contributed by atoms with Crippen molar-refractivity contribution in [2.45, 2.75) is 52.5 Å². The number of hydrogen-bond donors (Lipinski definition) is 0. The lowest BCUT2D eigenvalue weighted by atomic mass is 9.82. The van der Waals surface area contributed by atoms with Crippen molar-refractivity contribution in [1.82, 2.24) is 9.97 Å². The molecule has 0 amide bonds. The van der Waals surface area contributed by atoms with E-state index in [0.717, 1.165) is 67.3 Å². The molecule has 0 unspecified atom stereocenters. The number of aromatic nitrogens is 2.